The van der Waals surface area contributed by atoms with Gasteiger partial charge in [0.25, 0.3) is 5.91 Å². The molecule has 5 rings (SSSR count). The molecular formula is C34H49N5O6. The SMILES string of the molecule is CC(C)(C)C(NC(=O)NC1(COCc2ccccc2)CCCCC1)C(=O)N1C[C@@H]2C[C@@H]2C1C(=O)NC(CC1CC1)C(=O)C(N)=O. The number of primary amides is 1. The van der Waals surface area contributed by atoms with Crippen LogP contribution >= 0.6 is 0 Å². The van der Waals surface area contributed by atoms with Gasteiger partial charge in [-0.05, 0) is 54.4 Å². The first kappa shape index (κ1) is 32.9. The second kappa shape index (κ2) is 13.5. The largest absolute Gasteiger partial charge is 0.374 e. The highest BCUT2D eigenvalue weighted by Crippen LogP contribution is 2.50. The Labute approximate surface area is 265 Å². The van der Waals surface area contributed by atoms with Crippen molar-refractivity contribution in [2.45, 2.75) is 109 Å². The average Bonchev–Trinajstić information content (AvgIpc) is 3.93. The molecule has 4 fully saturated rings. The Balaban J connectivity index is 1.25. The second-order valence-corrected chi connectivity index (χ2v) is 14.8. The molecule has 0 aromatic heterocycles. The second-order valence-electron chi connectivity index (χ2n) is 14.8. The zero-order valence-electron chi connectivity index (χ0n) is 26.8. The van der Waals surface area contributed by atoms with Crippen LogP contribution in [-0.2, 0) is 30.5 Å². The van der Waals surface area contributed by atoms with E-state index < -0.39 is 52.7 Å². The molecule has 3 unspecified atom stereocenters. The highest BCUT2D eigenvalue weighted by molar-refractivity contribution is 6.37. The summed E-state index contributed by atoms with van der Waals surface area (Å²) in [5.74, 6) is -2.20. The molecule has 1 aliphatic heterocycles. The first-order chi connectivity index (χ1) is 21.4. The zero-order valence-corrected chi connectivity index (χ0v) is 26.8. The molecule has 1 heterocycles. The molecule has 246 valence electrons. The molecule has 11 heteroatoms. The standard InChI is InChI=1S/C34H49N5O6/c1-33(2,3)28(37-32(44)38-34(14-8-5-9-15-34)20-45-19-22-10-6-4-7-11-22)31(43)39-18-23-17-24(23)26(39)30(42)36-25(16-21-12-13-21)27(40)29(35)41/h4,6-7,10-11,21,23-26,28H,5,8-9,12-20H2,1-3H3,(H2,35,41)(H,36,42)(H2,37,38,44)/t23-,24-,25?,26?,28?/m0/s1. The van der Waals surface area contributed by atoms with Crippen molar-refractivity contribution in [1.82, 2.24) is 20.9 Å². The van der Waals surface area contributed by atoms with Crippen molar-refractivity contribution in [2.75, 3.05) is 13.2 Å². The molecule has 0 radical (unpaired) electrons. The fourth-order valence-electron chi connectivity index (χ4n) is 7.07. The van der Waals surface area contributed by atoms with Crippen LogP contribution in [0.4, 0.5) is 4.79 Å². The van der Waals surface area contributed by atoms with Gasteiger partial charge in [0.2, 0.25) is 17.6 Å². The number of ether oxygens (including phenoxy) is 1. The number of fused-ring (bicyclic) bond motifs is 1. The van der Waals surface area contributed by atoms with Gasteiger partial charge >= 0.3 is 6.03 Å². The average molecular weight is 624 g/mol. The summed E-state index contributed by atoms with van der Waals surface area (Å²) in [6, 6.07) is 6.82. The van der Waals surface area contributed by atoms with Crippen molar-refractivity contribution in [2.24, 2.45) is 28.9 Å². The van der Waals surface area contributed by atoms with Gasteiger partial charge in [-0.2, -0.15) is 0 Å². The molecular weight excluding hydrogens is 574 g/mol. The topological polar surface area (TPSA) is 160 Å². The van der Waals surface area contributed by atoms with E-state index in [1.54, 1.807) is 4.90 Å². The molecule has 5 N–H and O–H groups in total. The van der Waals surface area contributed by atoms with E-state index in [1.807, 2.05) is 51.1 Å². The Morgan fingerprint density at radius 2 is 1.71 bits per heavy atom. The van der Waals surface area contributed by atoms with Gasteiger partial charge in [-0.25, -0.2) is 4.79 Å². The molecule has 5 amide bonds. The summed E-state index contributed by atoms with van der Waals surface area (Å²) in [5, 5.41) is 8.92. The minimum Gasteiger partial charge on any atom is -0.374 e. The van der Waals surface area contributed by atoms with Crippen LogP contribution < -0.4 is 21.7 Å². The van der Waals surface area contributed by atoms with Gasteiger partial charge in [-0.15, -0.1) is 0 Å². The summed E-state index contributed by atoms with van der Waals surface area (Å²) in [4.78, 5) is 67.1. The predicted molar refractivity (Wildman–Crippen MR) is 167 cm³/mol. The van der Waals surface area contributed by atoms with Crippen LogP contribution in [0.25, 0.3) is 0 Å². The van der Waals surface area contributed by atoms with Crippen molar-refractivity contribution >= 4 is 29.5 Å². The minimum absolute atomic E-state index is 0.0130. The van der Waals surface area contributed by atoms with Crippen molar-refractivity contribution in [1.29, 1.82) is 0 Å². The Morgan fingerprint density at radius 3 is 2.33 bits per heavy atom. The van der Waals surface area contributed by atoms with Crippen LogP contribution in [0.1, 0.15) is 84.1 Å². The van der Waals surface area contributed by atoms with Crippen molar-refractivity contribution in [3.8, 4) is 0 Å². The van der Waals surface area contributed by atoms with Crippen LogP contribution in [0.2, 0.25) is 0 Å². The molecule has 0 bridgehead atoms. The molecule has 5 atom stereocenters. The Morgan fingerprint density at radius 1 is 1.02 bits per heavy atom. The van der Waals surface area contributed by atoms with Gasteiger partial charge < -0.3 is 31.3 Å². The fraction of sp³-hybridized carbons (Fsp3) is 0.676. The number of nitrogens with two attached hydrogens (primary N) is 1. The van der Waals surface area contributed by atoms with Crippen LogP contribution in [0, 0.1) is 23.2 Å². The third-order valence-corrected chi connectivity index (χ3v) is 9.91. The molecule has 1 aromatic carbocycles. The van der Waals surface area contributed by atoms with Crippen LogP contribution in [0.15, 0.2) is 30.3 Å². The third-order valence-electron chi connectivity index (χ3n) is 9.91. The predicted octanol–water partition coefficient (Wildman–Crippen LogP) is 2.81. The molecule has 1 saturated heterocycles. The fourth-order valence-corrected chi connectivity index (χ4v) is 7.07. The maximum Gasteiger partial charge on any atom is 0.315 e. The molecule has 11 nitrogen and oxygen atoms in total. The van der Waals surface area contributed by atoms with E-state index in [4.69, 9.17) is 10.5 Å². The highest BCUT2D eigenvalue weighted by atomic mass is 16.5. The number of rotatable bonds is 13. The first-order valence-corrected chi connectivity index (χ1v) is 16.5. The van der Waals surface area contributed by atoms with Gasteiger partial charge in [0.1, 0.15) is 12.1 Å². The van der Waals surface area contributed by atoms with Crippen LogP contribution in [-0.4, -0.2) is 71.3 Å². The number of piperidine rings is 1. The van der Waals surface area contributed by atoms with Crippen molar-refractivity contribution in [3.63, 3.8) is 0 Å². The van der Waals surface area contributed by atoms with E-state index in [-0.39, 0.29) is 23.7 Å². The number of hydrogen-bond acceptors (Lipinski definition) is 6. The lowest BCUT2D eigenvalue weighted by Gasteiger charge is -2.40. The number of ketones is 1. The quantitative estimate of drug-likeness (QED) is 0.247. The Bertz CT molecular complexity index is 1270. The number of nitrogens with zero attached hydrogens (tertiary/aromatic N) is 1. The highest BCUT2D eigenvalue weighted by Gasteiger charge is 2.58. The Kier molecular flexibility index (Phi) is 9.86. The number of likely N-dealkylation sites (tertiary alicyclic amines) is 1. The van der Waals surface area contributed by atoms with Gasteiger partial charge in [-0.1, -0.05) is 83.2 Å². The maximum atomic E-state index is 14.2. The van der Waals surface area contributed by atoms with Gasteiger partial charge in [-0.3, -0.25) is 19.2 Å². The van der Waals surface area contributed by atoms with E-state index in [9.17, 15) is 24.0 Å². The number of benzene rings is 1. The summed E-state index contributed by atoms with van der Waals surface area (Å²) in [7, 11) is 0. The number of carbonyl (C=O) groups excluding carboxylic acids is 5. The van der Waals surface area contributed by atoms with Gasteiger partial charge in [0.05, 0.1) is 24.8 Å². The van der Waals surface area contributed by atoms with Crippen molar-refractivity contribution < 1.29 is 28.7 Å². The Hall–Kier alpha value is -3.47. The summed E-state index contributed by atoms with van der Waals surface area (Å²) in [6.45, 7) is 6.89. The molecule has 4 aliphatic rings. The number of nitrogens with one attached hydrogen (secondary N) is 3. The van der Waals surface area contributed by atoms with E-state index in [0.717, 1.165) is 56.9 Å². The van der Waals surface area contributed by atoms with Gasteiger partial charge in [0.15, 0.2) is 0 Å². The van der Waals surface area contributed by atoms with E-state index >= 15 is 0 Å². The number of urea groups is 1. The molecule has 3 aliphatic carbocycles. The molecule has 1 aromatic rings. The zero-order chi connectivity index (χ0) is 32.4. The molecule has 0 spiro atoms. The lowest BCUT2D eigenvalue weighted by molar-refractivity contribution is -0.144. The number of carbonyl (C=O) groups is 5. The molecule has 45 heavy (non-hydrogen) atoms. The number of amides is 5. The smallest absolute Gasteiger partial charge is 0.315 e. The lowest BCUT2D eigenvalue weighted by atomic mass is 9.82. The van der Waals surface area contributed by atoms with E-state index in [1.165, 1.54) is 0 Å². The summed E-state index contributed by atoms with van der Waals surface area (Å²) >= 11 is 0. The number of Topliss-reactive ketones (excluding diaryl/α,β-unsaturated/α-hetero) is 1. The monoisotopic (exact) mass is 623 g/mol. The van der Waals surface area contributed by atoms with Crippen LogP contribution in [0.5, 0.6) is 0 Å². The van der Waals surface area contributed by atoms with E-state index in [2.05, 4.69) is 16.0 Å². The summed E-state index contributed by atoms with van der Waals surface area (Å²) < 4.78 is 6.10. The normalized spacial score (nSPS) is 25.0. The molecule has 3 saturated carbocycles. The van der Waals surface area contributed by atoms with E-state index in [0.29, 0.717) is 26.2 Å². The van der Waals surface area contributed by atoms with Gasteiger partial charge in [0, 0.05) is 6.54 Å². The summed E-state index contributed by atoms with van der Waals surface area (Å²) in [6.07, 6.45) is 7.69. The minimum atomic E-state index is -1.08. The van der Waals surface area contributed by atoms with Crippen LogP contribution in [0.3, 0.4) is 0 Å². The lowest BCUT2D eigenvalue weighted by Crippen LogP contribution is -2.63. The maximum absolute atomic E-state index is 14.2. The van der Waals surface area contributed by atoms with Crippen molar-refractivity contribution in [3.05, 3.63) is 35.9 Å². The third kappa shape index (κ3) is 8.23. The number of hydrogen-bond donors (Lipinski definition) is 4. The first-order valence-electron chi connectivity index (χ1n) is 16.5. The summed E-state index contributed by atoms with van der Waals surface area (Å²) in [5.41, 5.74) is 5.15.